The second kappa shape index (κ2) is 9.85. The first kappa shape index (κ1) is 21.9. The van der Waals surface area contributed by atoms with E-state index in [1.54, 1.807) is 36.9 Å². The third-order valence-corrected chi connectivity index (χ3v) is 6.34. The summed E-state index contributed by atoms with van der Waals surface area (Å²) < 4.78 is 5.93. The topological polar surface area (TPSA) is 93.8 Å². The fraction of sp³-hybridized carbons (Fsp3) is 0.400. The van der Waals surface area contributed by atoms with E-state index in [0.717, 1.165) is 18.4 Å². The fourth-order valence-electron chi connectivity index (χ4n) is 4.48. The molecule has 0 fully saturated rings. The summed E-state index contributed by atoms with van der Waals surface area (Å²) in [4.78, 5) is 20.5. The highest BCUT2D eigenvalue weighted by molar-refractivity contribution is 5.93. The molecule has 4 rings (SSSR count). The molecule has 3 heterocycles. The van der Waals surface area contributed by atoms with Gasteiger partial charge < -0.3 is 9.73 Å². The average molecular weight is 432 g/mol. The van der Waals surface area contributed by atoms with Crippen LogP contribution in [0.5, 0.6) is 0 Å². The molecule has 3 atom stereocenters. The summed E-state index contributed by atoms with van der Waals surface area (Å²) in [6.07, 6.45) is 10.8. The van der Waals surface area contributed by atoms with Gasteiger partial charge in [-0.1, -0.05) is 25.5 Å². The minimum atomic E-state index is -0.0578. The highest BCUT2D eigenvalue weighted by Gasteiger charge is 2.32. The van der Waals surface area contributed by atoms with Crippen LogP contribution in [0.4, 0.5) is 0 Å². The van der Waals surface area contributed by atoms with Crippen molar-refractivity contribution in [2.75, 3.05) is 6.54 Å². The lowest BCUT2D eigenvalue weighted by atomic mass is 9.70. The molecule has 1 aliphatic rings. The van der Waals surface area contributed by atoms with Crippen molar-refractivity contribution in [1.29, 1.82) is 0 Å². The number of pyridine rings is 2. The largest absolute Gasteiger partial charge is 0.421 e. The summed E-state index contributed by atoms with van der Waals surface area (Å²) in [6.45, 7) is 7.30. The molecule has 0 bridgehead atoms. The first-order valence-electron chi connectivity index (χ1n) is 11.1. The number of allylic oxidation sites excluding steroid dienone is 1. The summed E-state index contributed by atoms with van der Waals surface area (Å²) in [5.74, 6) is 2.73. The Morgan fingerprint density at radius 1 is 1.09 bits per heavy atom. The van der Waals surface area contributed by atoms with Crippen LogP contribution < -0.4 is 5.32 Å². The van der Waals surface area contributed by atoms with Gasteiger partial charge in [-0.15, -0.1) is 10.2 Å². The van der Waals surface area contributed by atoms with Crippen molar-refractivity contribution in [2.45, 2.75) is 33.6 Å². The van der Waals surface area contributed by atoms with Crippen molar-refractivity contribution in [3.05, 3.63) is 72.2 Å². The molecule has 1 aliphatic carbocycles. The van der Waals surface area contributed by atoms with E-state index in [0.29, 0.717) is 47.6 Å². The molecule has 0 aliphatic heterocycles. The van der Waals surface area contributed by atoms with Crippen LogP contribution in [-0.4, -0.2) is 32.6 Å². The maximum Gasteiger partial charge on any atom is 0.251 e. The Bertz CT molecular complexity index is 1060. The number of nitrogens with zero attached hydrogens (tertiary/aromatic N) is 4. The summed E-state index contributed by atoms with van der Waals surface area (Å²) in [6, 6.07) is 7.20. The summed E-state index contributed by atoms with van der Waals surface area (Å²) >= 11 is 0. The zero-order valence-corrected chi connectivity index (χ0v) is 18.7. The van der Waals surface area contributed by atoms with Crippen LogP contribution >= 0.6 is 0 Å². The Hall–Kier alpha value is -3.35. The Morgan fingerprint density at radius 2 is 1.78 bits per heavy atom. The van der Waals surface area contributed by atoms with Gasteiger partial charge in [-0.2, -0.15) is 0 Å². The van der Waals surface area contributed by atoms with Gasteiger partial charge in [0.1, 0.15) is 0 Å². The first-order chi connectivity index (χ1) is 15.5. The molecule has 0 saturated carbocycles. The van der Waals surface area contributed by atoms with E-state index in [1.165, 1.54) is 5.57 Å². The van der Waals surface area contributed by atoms with Gasteiger partial charge in [0.25, 0.3) is 5.91 Å². The van der Waals surface area contributed by atoms with Crippen LogP contribution in [0.1, 0.15) is 43.4 Å². The Labute approximate surface area is 188 Å². The maximum atomic E-state index is 12.5. The maximum absolute atomic E-state index is 12.5. The minimum Gasteiger partial charge on any atom is -0.421 e. The molecule has 1 N–H and O–H groups in total. The van der Waals surface area contributed by atoms with Crippen LogP contribution in [0.3, 0.4) is 0 Å². The summed E-state index contributed by atoms with van der Waals surface area (Å²) in [7, 11) is 0. The van der Waals surface area contributed by atoms with E-state index in [2.05, 4.69) is 52.3 Å². The number of hydrogen-bond acceptors (Lipinski definition) is 6. The standard InChI is InChI=1S/C25H29N5O2/c1-16(2)22-13-20(14-23-29-30-25(32-23)19-6-10-27-11-7-19)17(3)12-21(22)15-28-24(31)18-4-8-26-9-5-18/h4-12,16,20-22H,13-15H2,1-3H3,(H,28,31). The Morgan fingerprint density at radius 3 is 2.47 bits per heavy atom. The van der Waals surface area contributed by atoms with Crippen LogP contribution in [0, 0.1) is 23.7 Å². The Balaban J connectivity index is 1.43. The smallest absolute Gasteiger partial charge is 0.251 e. The molecule has 7 heteroatoms. The first-order valence-corrected chi connectivity index (χ1v) is 11.1. The number of nitrogens with one attached hydrogen (secondary N) is 1. The van der Waals surface area contributed by atoms with Crippen molar-refractivity contribution in [2.24, 2.45) is 23.7 Å². The third-order valence-electron chi connectivity index (χ3n) is 6.34. The van der Waals surface area contributed by atoms with Gasteiger partial charge in [0.15, 0.2) is 0 Å². The van der Waals surface area contributed by atoms with Crippen LogP contribution in [0.15, 0.2) is 65.1 Å². The van der Waals surface area contributed by atoms with E-state index < -0.39 is 0 Å². The summed E-state index contributed by atoms with van der Waals surface area (Å²) in [5, 5.41) is 11.6. The lowest BCUT2D eigenvalue weighted by Crippen LogP contribution is -2.37. The van der Waals surface area contributed by atoms with Crippen molar-refractivity contribution in [3.8, 4) is 11.5 Å². The van der Waals surface area contributed by atoms with Gasteiger partial charge in [-0.25, -0.2) is 0 Å². The lowest BCUT2D eigenvalue weighted by molar-refractivity contribution is 0.0939. The molecule has 0 radical (unpaired) electrons. The van der Waals surface area contributed by atoms with Crippen LogP contribution in [0.2, 0.25) is 0 Å². The second-order valence-corrected chi connectivity index (χ2v) is 8.80. The normalized spacial score (nSPS) is 20.8. The SMILES string of the molecule is CC1=CC(CNC(=O)c2ccncc2)C(C(C)C)CC1Cc1nnc(-c2ccncc2)o1. The quantitative estimate of drug-likeness (QED) is 0.559. The van der Waals surface area contributed by atoms with Gasteiger partial charge in [0.05, 0.1) is 0 Å². The summed E-state index contributed by atoms with van der Waals surface area (Å²) in [5.41, 5.74) is 2.82. The molecule has 0 aromatic carbocycles. The number of aromatic nitrogens is 4. The highest BCUT2D eigenvalue weighted by atomic mass is 16.4. The molecular weight excluding hydrogens is 402 g/mol. The zero-order valence-electron chi connectivity index (χ0n) is 18.7. The van der Waals surface area contributed by atoms with E-state index in [9.17, 15) is 4.79 Å². The average Bonchev–Trinajstić information content (AvgIpc) is 3.28. The predicted molar refractivity (Wildman–Crippen MR) is 121 cm³/mol. The second-order valence-electron chi connectivity index (χ2n) is 8.80. The highest BCUT2D eigenvalue weighted by Crippen LogP contribution is 2.38. The molecule has 3 unspecified atom stereocenters. The zero-order chi connectivity index (χ0) is 22.5. The molecule has 0 spiro atoms. The van der Waals surface area contributed by atoms with Gasteiger partial charge in [0.2, 0.25) is 11.8 Å². The monoisotopic (exact) mass is 431 g/mol. The molecule has 1 amide bonds. The minimum absolute atomic E-state index is 0.0578. The molecule has 166 valence electrons. The Kier molecular flexibility index (Phi) is 6.73. The fourth-order valence-corrected chi connectivity index (χ4v) is 4.48. The van der Waals surface area contributed by atoms with E-state index in [1.807, 2.05) is 12.1 Å². The van der Waals surface area contributed by atoms with E-state index in [-0.39, 0.29) is 5.91 Å². The van der Waals surface area contributed by atoms with Crippen molar-refractivity contribution in [1.82, 2.24) is 25.5 Å². The van der Waals surface area contributed by atoms with E-state index >= 15 is 0 Å². The number of carbonyl (C=O) groups is 1. The van der Waals surface area contributed by atoms with Gasteiger partial charge in [-0.3, -0.25) is 14.8 Å². The number of rotatable bonds is 7. The third kappa shape index (κ3) is 5.10. The van der Waals surface area contributed by atoms with E-state index in [4.69, 9.17) is 4.42 Å². The number of amides is 1. The van der Waals surface area contributed by atoms with Crippen LogP contribution in [-0.2, 0) is 6.42 Å². The molecular formula is C25H29N5O2. The van der Waals surface area contributed by atoms with Crippen molar-refractivity contribution < 1.29 is 9.21 Å². The van der Waals surface area contributed by atoms with Crippen molar-refractivity contribution >= 4 is 5.91 Å². The van der Waals surface area contributed by atoms with Crippen molar-refractivity contribution in [3.63, 3.8) is 0 Å². The van der Waals surface area contributed by atoms with Crippen LogP contribution in [0.25, 0.3) is 11.5 Å². The molecule has 7 nitrogen and oxygen atoms in total. The van der Waals surface area contributed by atoms with Gasteiger partial charge in [-0.05, 0) is 61.3 Å². The molecule has 32 heavy (non-hydrogen) atoms. The molecule has 3 aromatic rings. The molecule has 0 saturated heterocycles. The number of hydrogen-bond donors (Lipinski definition) is 1. The molecule has 3 aromatic heterocycles. The lowest BCUT2D eigenvalue weighted by Gasteiger charge is -2.37. The predicted octanol–water partition coefficient (Wildman–Crippen LogP) is 4.35. The number of carbonyl (C=O) groups excluding carboxylic acids is 1. The van der Waals surface area contributed by atoms with Gasteiger partial charge in [0, 0.05) is 48.9 Å². The van der Waals surface area contributed by atoms with Gasteiger partial charge >= 0.3 is 0 Å².